The maximum absolute atomic E-state index is 13.5. The van der Waals surface area contributed by atoms with Crippen LogP contribution in [-0.4, -0.2) is 107 Å². The Kier molecular flexibility index (Phi) is 7.20. The van der Waals surface area contributed by atoms with Gasteiger partial charge in [-0.15, -0.1) is 0 Å². The first-order valence-electron chi connectivity index (χ1n) is 11.2. The van der Waals surface area contributed by atoms with Gasteiger partial charge in [-0.05, 0) is 6.92 Å². The number of aliphatic hydroxyl groups is 4. The molecule has 0 bridgehead atoms. The summed E-state index contributed by atoms with van der Waals surface area (Å²) in [5.41, 5.74) is 0.211. The topological polar surface area (TPSA) is 212 Å². The van der Waals surface area contributed by atoms with Gasteiger partial charge in [0.15, 0.2) is 23.4 Å². The molecule has 0 saturated carbocycles. The number of rotatable bonds is 7. The van der Waals surface area contributed by atoms with Crippen molar-refractivity contribution in [2.75, 3.05) is 20.8 Å². The van der Waals surface area contributed by atoms with Gasteiger partial charge in [-0.25, -0.2) is 24.0 Å². The Morgan fingerprint density at radius 3 is 2.54 bits per heavy atom. The van der Waals surface area contributed by atoms with Crippen LogP contribution in [0.2, 0.25) is 0 Å². The number of fused-ring (bicyclic) bond motifs is 2. The van der Waals surface area contributed by atoms with Gasteiger partial charge in [0.1, 0.15) is 18.3 Å². The Balaban J connectivity index is 1.79. The van der Waals surface area contributed by atoms with Gasteiger partial charge < -0.3 is 40.0 Å². The first-order valence-corrected chi connectivity index (χ1v) is 11.2. The maximum atomic E-state index is 13.5. The normalized spacial score (nSPS) is 23.4. The van der Waals surface area contributed by atoms with E-state index < -0.39 is 60.9 Å². The number of hydrogen-bond donors (Lipinski definition) is 5. The van der Waals surface area contributed by atoms with Gasteiger partial charge in [0.25, 0.3) is 5.56 Å². The van der Waals surface area contributed by atoms with Crippen LogP contribution in [0.4, 0.5) is 4.79 Å². The van der Waals surface area contributed by atoms with Crippen molar-refractivity contribution < 1.29 is 44.2 Å². The number of nitrogens with one attached hydrogen (secondary N) is 1. The van der Waals surface area contributed by atoms with Crippen LogP contribution in [0.3, 0.4) is 0 Å². The highest BCUT2D eigenvalue weighted by Crippen LogP contribution is 2.31. The highest BCUT2D eigenvalue weighted by molar-refractivity contribution is 5.82. The molecule has 0 unspecified atom stereocenters. The molecule has 1 aliphatic rings. The molecule has 1 saturated heterocycles. The number of imidazole rings is 2. The number of ether oxygens (including phenoxy) is 3. The summed E-state index contributed by atoms with van der Waals surface area (Å²) in [4.78, 5) is 46.0. The van der Waals surface area contributed by atoms with Crippen molar-refractivity contribution >= 4 is 29.0 Å². The molecule has 1 aliphatic heterocycles. The molecule has 3 aromatic rings. The van der Waals surface area contributed by atoms with Crippen molar-refractivity contribution in [2.24, 2.45) is 7.05 Å². The number of carbonyl (C=O) groups is 2. The minimum absolute atomic E-state index is 0.0296. The van der Waals surface area contributed by atoms with E-state index in [0.717, 1.165) is 14.2 Å². The largest absolute Gasteiger partial charge is 0.467 e. The summed E-state index contributed by atoms with van der Waals surface area (Å²) in [7, 11) is 3.79. The number of aromatic nitrogens is 5. The third-order valence-corrected chi connectivity index (χ3v) is 6.44. The summed E-state index contributed by atoms with van der Waals surface area (Å²) >= 11 is 0. The zero-order valence-corrected chi connectivity index (χ0v) is 20.4. The lowest BCUT2D eigenvalue weighted by Crippen LogP contribution is -2.50. The monoisotopic (exact) mass is 524 g/mol. The van der Waals surface area contributed by atoms with E-state index >= 15 is 0 Å². The van der Waals surface area contributed by atoms with Gasteiger partial charge in [0, 0.05) is 13.5 Å². The third kappa shape index (κ3) is 4.31. The minimum atomic E-state index is -1.51. The Hall–Kier alpha value is -3.57. The van der Waals surface area contributed by atoms with Crippen LogP contribution in [0, 0.1) is 6.92 Å². The van der Waals surface area contributed by atoms with Crippen molar-refractivity contribution in [2.45, 2.75) is 50.0 Å². The lowest BCUT2D eigenvalue weighted by Gasteiger charge is -2.21. The molecule has 1 amide bonds. The highest BCUT2D eigenvalue weighted by atomic mass is 16.6. The molecule has 0 radical (unpaired) electrons. The number of nitrogens with zero attached hydrogens (tertiary/aromatic N) is 5. The number of aliphatic hydroxyl groups excluding tert-OH is 4. The second-order valence-electron chi connectivity index (χ2n) is 8.60. The van der Waals surface area contributed by atoms with Crippen LogP contribution in [0.5, 0.6) is 0 Å². The van der Waals surface area contributed by atoms with E-state index in [1.165, 1.54) is 19.9 Å². The van der Waals surface area contributed by atoms with Gasteiger partial charge in [-0.2, -0.15) is 0 Å². The van der Waals surface area contributed by atoms with Crippen LogP contribution in [0.1, 0.15) is 17.6 Å². The molecule has 4 heterocycles. The van der Waals surface area contributed by atoms with Crippen LogP contribution in [0.15, 0.2) is 11.1 Å². The van der Waals surface area contributed by atoms with E-state index in [0.29, 0.717) is 5.69 Å². The molecule has 6 atom stereocenters. The molecule has 16 nitrogen and oxygen atoms in total. The molecule has 37 heavy (non-hydrogen) atoms. The van der Waals surface area contributed by atoms with Gasteiger partial charge in [-0.3, -0.25) is 13.9 Å². The van der Waals surface area contributed by atoms with Crippen molar-refractivity contribution in [3.05, 3.63) is 28.1 Å². The molecule has 202 valence electrons. The molecular formula is C21H28N6O10. The quantitative estimate of drug-likeness (QED) is 0.197. The highest BCUT2D eigenvalue weighted by Gasteiger charge is 2.44. The van der Waals surface area contributed by atoms with Crippen LogP contribution in [-0.2, 0) is 32.5 Å². The molecule has 1 fully saturated rings. The zero-order chi connectivity index (χ0) is 27.2. The Morgan fingerprint density at radius 2 is 1.95 bits per heavy atom. The number of esters is 1. The average Bonchev–Trinajstić information content (AvgIpc) is 3.55. The Bertz CT molecular complexity index is 1400. The number of methoxy groups -OCH3 is 2. The number of hydrogen-bond acceptors (Lipinski definition) is 12. The van der Waals surface area contributed by atoms with Crippen molar-refractivity contribution in [3.63, 3.8) is 0 Å². The summed E-state index contributed by atoms with van der Waals surface area (Å²) in [6, 6.07) is -1.49. The smallest absolute Gasteiger partial charge is 0.407 e. The zero-order valence-electron chi connectivity index (χ0n) is 20.4. The van der Waals surface area contributed by atoms with Crippen molar-refractivity contribution in [3.8, 4) is 0 Å². The molecule has 5 N–H and O–H groups in total. The predicted molar refractivity (Wildman–Crippen MR) is 123 cm³/mol. The number of aryl methyl sites for hydroxylation is 2. The molecular weight excluding hydrogens is 496 g/mol. The molecule has 0 spiro atoms. The lowest BCUT2D eigenvalue weighted by molar-refractivity contribution is -0.146. The summed E-state index contributed by atoms with van der Waals surface area (Å²) in [5.74, 6) is -0.766. The molecule has 3 aromatic heterocycles. The fourth-order valence-corrected chi connectivity index (χ4v) is 4.50. The minimum Gasteiger partial charge on any atom is -0.467 e. The maximum Gasteiger partial charge on any atom is 0.407 e. The number of carbonyl (C=O) groups excluding carboxylic acids is 2. The first kappa shape index (κ1) is 26.5. The van der Waals surface area contributed by atoms with Crippen molar-refractivity contribution in [1.29, 1.82) is 0 Å². The van der Waals surface area contributed by atoms with Crippen LogP contribution < -0.4 is 10.9 Å². The second-order valence-corrected chi connectivity index (χ2v) is 8.60. The molecule has 0 aliphatic carbocycles. The molecule has 4 rings (SSSR count). The molecule has 0 aromatic carbocycles. The fourth-order valence-electron chi connectivity index (χ4n) is 4.50. The van der Waals surface area contributed by atoms with E-state index in [-0.39, 0.29) is 29.1 Å². The van der Waals surface area contributed by atoms with E-state index in [1.807, 2.05) is 0 Å². The van der Waals surface area contributed by atoms with Gasteiger partial charge in [0.2, 0.25) is 5.78 Å². The average molecular weight is 524 g/mol. The number of amides is 1. The molecule has 16 heteroatoms. The van der Waals surface area contributed by atoms with Crippen molar-refractivity contribution in [1.82, 2.24) is 28.8 Å². The lowest BCUT2D eigenvalue weighted by atomic mass is 10.1. The summed E-state index contributed by atoms with van der Waals surface area (Å²) in [5, 5.41) is 43.0. The van der Waals surface area contributed by atoms with Gasteiger partial charge in [-0.1, -0.05) is 0 Å². The fraction of sp³-hybridized carbons (Fsp3) is 0.571. The van der Waals surface area contributed by atoms with Gasteiger partial charge >= 0.3 is 12.1 Å². The first-order chi connectivity index (χ1) is 17.5. The third-order valence-electron chi connectivity index (χ3n) is 6.44. The number of alkyl carbamates (subject to hydrolysis) is 1. The van der Waals surface area contributed by atoms with E-state index in [1.54, 1.807) is 14.0 Å². The predicted octanol–water partition coefficient (Wildman–Crippen LogP) is -2.90. The Morgan fingerprint density at radius 1 is 1.24 bits per heavy atom. The standard InChI is InChI=1S/C21H28N6O10/c1-8-9(5-10(29)12(19(33)35-3)24-21(34)36-4)27-17(32)13-16(25(2)20(27)23-8)26(7-22-13)18-15(31)14(30)11(6-28)37-18/h7,10-12,14-15,18,28-31H,5-6H2,1-4H3,(H,24,34)/t10-,11-,12+,14-,15-,18-/m1/s1. The van der Waals surface area contributed by atoms with E-state index in [2.05, 4.69) is 24.8 Å². The van der Waals surface area contributed by atoms with Crippen LogP contribution in [0.25, 0.3) is 16.9 Å². The van der Waals surface area contributed by atoms with E-state index in [4.69, 9.17) is 4.74 Å². The Labute approximate surface area is 208 Å². The SMILES string of the molecule is COC(=O)N[C@H](C(=O)OC)[C@H](O)Cc1c(C)nc2n(C)c3c(ncn3[C@@H]3O[C@H](CO)[C@@H](O)[C@H]3O)c(=O)n12. The summed E-state index contributed by atoms with van der Waals surface area (Å²) < 4.78 is 18.9. The van der Waals surface area contributed by atoms with E-state index in [9.17, 15) is 34.8 Å². The summed E-state index contributed by atoms with van der Waals surface area (Å²) in [6.07, 6.45) is -6.39. The van der Waals surface area contributed by atoms with Gasteiger partial charge in [0.05, 0.1) is 44.6 Å². The van der Waals surface area contributed by atoms with Crippen LogP contribution >= 0.6 is 0 Å². The summed E-state index contributed by atoms with van der Waals surface area (Å²) in [6.45, 7) is 1.08. The second kappa shape index (κ2) is 10.1.